The Bertz CT molecular complexity index is 570. The zero-order valence-corrected chi connectivity index (χ0v) is 12.5. The second-order valence-electron chi connectivity index (χ2n) is 3.79. The van der Waals surface area contributed by atoms with Crippen LogP contribution in [0.25, 0.3) is 0 Å². The number of nitrogens with one attached hydrogen (secondary N) is 2. The van der Waals surface area contributed by atoms with E-state index in [1.807, 2.05) is 42.5 Å². The number of rotatable bonds is 4. The van der Waals surface area contributed by atoms with Gasteiger partial charge in [0.2, 0.25) is 0 Å². The van der Waals surface area contributed by atoms with Crippen LogP contribution >= 0.6 is 22.6 Å². The fourth-order valence-corrected chi connectivity index (χ4v) is 2.15. The molecule has 0 unspecified atom stereocenters. The lowest BCUT2D eigenvalue weighted by atomic mass is 10.2. The first-order valence-electron chi connectivity index (χ1n) is 5.65. The predicted molar refractivity (Wildman–Crippen MR) is 83.2 cm³/mol. The summed E-state index contributed by atoms with van der Waals surface area (Å²) in [7, 11) is 1.61. The molecule has 19 heavy (non-hydrogen) atoms. The Balaban J connectivity index is 1.98. The van der Waals surface area contributed by atoms with E-state index in [0.717, 1.165) is 15.0 Å². The summed E-state index contributed by atoms with van der Waals surface area (Å²) in [5.74, 6) is 0.607. The van der Waals surface area contributed by atoms with Gasteiger partial charge < -0.3 is 4.74 Å². The molecule has 0 atom stereocenters. The van der Waals surface area contributed by atoms with E-state index in [1.165, 1.54) is 0 Å². The van der Waals surface area contributed by atoms with Crippen molar-refractivity contribution in [3.05, 3.63) is 57.7 Å². The Kier molecular flexibility index (Phi) is 4.62. The minimum absolute atomic E-state index is 0.166. The molecule has 2 rings (SSSR count). The van der Waals surface area contributed by atoms with Crippen LogP contribution in [-0.4, -0.2) is 13.0 Å². The van der Waals surface area contributed by atoms with Crippen molar-refractivity contribution in [2.24, 2.45) is 0 Å². The van der Waals surface area contributed by atoms with E-state index >= 15 is 0 Å². The van der Waals surface area contributed by atoms with Crippen LogP contribution in [-0.2, 0) is 0 Å². The Morgan fingerprint density at radius 1 is 1.11 bits per heavy atom. The summed E-state index contributed by atoms with van der Waals surface area (Å²) < 4.78 is 5.97. The van der Waals surface area contributed by atoms with E-state index in [1.54, 1.807) is 13.2 Å². The van der Waals surface area contributed by atoms with Crippen LogP contribution in [0.15, 0.2) is 48.5 Å². The van der Waals surface area contributed by atoms with E-state index in [-0.39, 0.29) is 5.91 Å². The van der Waals surface area contributed by atoms with Crippen molar-refractivity contribution in [2.45, 2.75) is 0 Å². The summed E-state index contributed by atoms with van der Waals surface area (Å²) in [4.78, 5) is 12.0. The number of hydrogen-bond donors (Lipinski definition) is 2. The number of carbonyl (C=O) groups excluding carboxylic acids is 1. The number of benzene rings is 2. The highest BCUT2D eigenvalue weighted by Crippen LogP contribution is 2.15. The molecule has 2 aromatic rings. The molecular formula is C14H13IN2O2. The van der Waals surface area contributed by atoms with Gasteiger partial charge in [0.05, 0.1) is 18.4 Å². The normalized spacial score (nSPS) is 9.79. The zero-order valence-electron chi connectivity index (χ0n) is 10.3. The number of anilines is 1. The van der Waals surface area contributed by atoms with Crippen LogP contribution in [0.5, 0.6) is 5.75 Å². The van der Waals surface area contributed by atoms with Crippen LogP contribution < -0.4 is 15.6 Å². The van der Waals surface area contributed by atoms with Gasteiger partial charge in [0.15, 0.2) is 0 Å². The SMILES string of the molecule is COc1ccc(NNC(=O)c2ccccc2I)cc1. The quantitative estimate of drug-likeness (QED) is 0.644. The fraction of sp³-hybridized carbons (Fsp3) is 0.0714. The van der Waals surface area contributed by atoms with Gasteiger partial charge in [0, 0.05) is 3.57 Å². The molecule has 0 saturated carbocycles. The summed E-state index contributed by atoms with van der Waals surface area (Å²) in [6, 6.07) is 14.7. The van der Waals surface area contributed by atoms with E-state index in [9.17, 15) is 4.79 Å². The van der Waals surface area contributed by atoms with Gasteiger partial charge >= 0.3 is 0 Å². The van der Waals surface area contributed by atoms with Crippen molar-refractivity contribution < 1.29 is 9.53 Å². The lowest BCUT2D eigenvalue weighted by Gasteiger charge is -2.10. The number of ether oxygens (including phenoxy) is 1. The zero-order chi connectivity index (χ0) is 13.7. The minimum atomic E-state index is -0.166. The second kappa shape index (κ2) is 6.42. The van der Waals surface area contributed by atoms with Gasteiger partial charge in [0.1, 0.15) is 5.75 Å². The van der Waals surface area contributed by atoms with Gasteiger partial charge in [-0.2, -0.15) is 0 Å². The maximum atomic E-state index is 12.0. The lowest BCUT2D eigenvalue weighted by Crippen LogP contribution is -2.29. The summed E-state index contributed by atoms with van der Waals surface area (Å²) in [6.07, 6.45) is 0. The standard InChI is InChI=1S/C14H13IN2O2/c1-19-11-8-6-10(7-9-11)16-17-14(18)12-4-2-3-5-13(12)15/h2-9,16H,1H3,(H,17,18). The molecule has 0 aliphatic rings. The van der Waals surface area contributed by atoms with Crippen LogP contribution in [0.3, 0.4) is 0 Å². The van der Waals surface area contributed by atoms with Crippen molar-refractivity contribution in [1.82, 2.24) is 5.43 Å². The molecule has 0 heterocycles. The minimum Gasteiger partial charge on any atom is -0.497 e. The molecule has 0 fully saturated rings. The Hall–Kier alpha value is -1.76. The van der Waals surface area contributed by atoms with Crippen LogP contribution in [0.1, 0.15) is 10.4 Å². The molecule has 2 N–H and O–H groups in total. The van der Waals surface area contributed by atoms with Crippen LogP contribution in [0.2, 0.25) is 0 Å². The summed E-state index contributed by atoms with van der Waals surface area (Å²) >= 11 is 2.13. The predicted octanol–water partition coefficient (Wildman–Crippen LogP) is 3.06. The molecule has 1 amide bonds. The van der Waals surface area contributed by atoms with Crippen LogP contribution in [0, 0.1) is 3.57 Å². The number of hydrogen-bond acceptors (Lipinski definition) is 3. The Labute approximate surface area is 125 Å². The first kappa shape index (κ1) is 13.7. The highest BCUT2D eigenvalue weighted by molar-refractivity contribution is 14.1. The van der Waals surface area contributed by atoms with Crippen LogP contribution in [0.4, 0.5) is 5.69 Å². The molecule has 0 spiro atoms. The molecule has 4 nitrogen and oxygen atoms in total. The summed E-state index contributed by atoms with van der Waals surface area (Å²) in [6.45, 7) is 0. The first-order chi connectivity index (χ1) is 9.20. The average Bonchev–Trinajstić information content (AvgIpc) is 2.46. The van der Waals surface area contributed by atoms with E-state index < -0.39 is 0 Å². The van der Waals surface area contributed by atoms with E-state index in [4.69, 9.17) is 4.74 Å². The smallest absolute Gasteiger partial charge is 0.270 e. The molecule has 5 heteroatoms. The third kappa shape index (κ3) is 3.60. The second-order valence-corrected chi connectivity index (χ2v) is 4.95. The van der Waals surface area contributed by atoms with Crippen molar-refractivity contribution in [2.75, 3.05) is 12.5 Å². The Morgan fingerprint density at radius 2 is 1.79 bits per heavy atom. The van der Waals surface area contributed by atoms with Gasteiger partial charge in [0.25, 0.3) is 5.91 Å². The molecule has 98 valence electrons. The third-order valence-electron chi connectivity index (χ3n) is 2.53. The molecule has 0 saturated heterocycles. The van der Waals surface area contributed by atoms with Crippen molar-refractivity contribution >= 4 is 34.2 Å². The number of amides is 1. The highest BCUT2D eigenvalue weighted by Gasteiger charge is 2.08. The summed E-state index contributed by atoms with van der Waals surface area (Å²) in [5, 5.41) is 0. The molecule has 0 radical (unpaired) electrons. The van der Waals surface area contributed by atoms with Crippen molar-refractivity contribution in [3.63, 3.8) is 0 Å². The van der Waals surface area contributed by atoms with Gasteiger partial charge in [-0.25, -0.2) is 0 Å². The molecule has 0 aliphatic carbocycles. The highest BCUT2D eigenvalue weighted by atomic mass is 127. The van der Waals surface area contributed by atoms with Gasteiger partial charge in [-0.3, -0.25) is 15.6 Å². The number of hydrazine groups is 1. The van der Waals surface area contributed by atoms with E-state index in [2.05, 4.69) is 33.4 Å². The van der Waals surface area contributed by atoms with Crippen molar-refractivity contribution in [3.8, 4) is 5.75 Å². The monoisotopic (exact) mass is 368 g/mol. The molecule has 0 bridgehead atoms. The maximum absolute atomic E-state index is 12.0. The average molecular weight is 368 g/mol. The maximum Gasteiger partial charge on any atom is 0.270 e. The first-order valence-corrected chi connectivity index (χ1v) is 6.73. The number of methoxy groups -OCH3 is 1. The van der Waals surface area contributed by atoms with Gasteiger partial charge in [-0.15, -0.1) is 0 Å². The van der Waals surface area contributed by atoms with Gasteiger partial charge in [-0.1, -0.05) is 12.1 Å². The lowest BCUT2D eigenvalue weighted by molar-refractivity contribution is 0.0962. The van der Waals surface area contributed by atoms with Gasteiger partial charge in [-0.05, 0) is 59.0 Å². The van der Waals surface area contributed by atoms with E-state index in [0.29, 0.717) is 5.56 Å². The number of halogens is 1. The summed E-state index contributed by atoms with van der Waals surface area (Å²) in [5.41, 5.74) is 6.96. The molecule has 2 aromatic carbocycles. The molecule has 0 aliphatic heterocycles. The van der Waals surface area contributed by atoms with Crippen molar-refractivity contribution in [1.29, 1.82) is 0 Å². The fourth-order valence-electron chi connectivity index (χ4n) is 1.52. The molecular weight excluding hydrogens is 355 g/mol. The Morgan fingerprint density at radius 3 is 2.42 bits per heavy atom. The third-order valence-corrected chi connectivity index (χ3v) is 3.47. The molecule has 0 aromatic heterocycles. The number of carbonyl (C=O) groups is 1. The topological polar surface area (TPSA) is 50.4 Å². The largest absolute Gasteiger partial charge is 0.497 e.